The van der Waals surface area contributed by atoms with Crippen LogP contribution in [0.1, 0.15) is 39.5 Å². The van der Waals surface area contributed by atoms with Crippen molar-refractivity contribution in [2.45, 2.75) is 45.6 Å². The number of hydrogen-bond acceptors (Lipinski definition) is 3. The molecule has 112 valence electrons. The van der Waals surface area contributed by atoms with Crippen LogP contribution >= 0.6 is 0 Å². The number of nitrogens with one attached hydrogen (secondary N) is 1. The van der Waals surface area contributed by atoms with Crippen molar-refractivity contribution in [3.63, 3.8) is 0 Å². The molecule has 1 saturated carbocycles. The van der Waals surface area contributed by atoms with E-state index < -0.39 is 0 Å². The fourth-order valence-electron chi connectivity index (χ4n) is 3.40. The van der Waals surface area contributed by atoms with Crippen molar-refractivity contribution >= 4 is 0 Å². The predicted molar refractivity (Wildman–Crippen MR) is 80.4 cm³/mol. The van der Waals surface area contributed by atoms with E-state index in [0.29, 0.717) is 0 Å². The zero-order valence-electron chi connectivity index (χ0n) is 13.0. The SMILES string of the molecule is CC(C)CNCC1CCC1N(C)CC1CCOCC1. The summed E-state index contributed by atoms with van der Waals surface area (Å²) in [7, 11) is 2.33. The molecule has 0 amide bonds. The molecule has 1 N–H and O–H groups in total. The maximum absolute atomic E-state index is 5.45. The van der Waals surface area contributed by atoms with E-state index in [0.717, 1.165) is 43.6 Å². The van der Waals surface area contributed by atoms with Gasteiger partial charge in [-0.05, 0) is 63.6 Å². The highest BCUT2D eigenvalue weighted by Gasteiger charge is 2.34. The number of hydrogen-bond donors (Lipinski definition) is 1. The Morgan fingerprint density at radius 3 is 2.47 bits per heavy atom. The minimum atomic E-state index is 0.762. The van der Waals surface area contributed by atoms with Crippen LogP contribution in [0.3, 0.4) is 0 Å². The van der Waals surface area contributed by atoms with Gasteiger partial charge in [0.1, 0.15) is 0 Å². The Morgan fingerprint density at radius 2 is 1.89 bits per heavy atom. The van der Waals surface area contributed by atoms with Gasteiger partial charge in [-0.15, -0.1) is 0 Å². The Labute approximate surface area is 119 Å². The summed E-state index contributed by atoms with van der Waals surface area (Å²) in [5.41, 5.74) is 0. The van der Waals surface area contributed by atoms with Crippen molar-refractivity contribution in [2.75, 3.05) is 39.9 Å². The summed E-state index contributed by atoms with van der Waals surface area (Å²) < 4.78 is 5.45. The molecule has 2 aliphatic rings. The fourth-order valence-corrected chi connectivity index (χ4v) is 3.40. The average molecular weight is 268 g/mol. The molecule has 19 heavy (non-hydrogen) atoms. The Morgan fingerprint density at radius 1 is 1.16 bits per heavy atom. The van der Waals surface area contributed by atoms with E-state index in [-0.39, 0.29) is 0 Å². The second-order valence-corrected chi connectivity index (χ2v) is 6.95. The fraction of sp³-hybridized carbons (Fsp3) is 1.00. The summed E-state index contributed by atoms with van der Waals surface area (Å²) in [5, 5.41) is 3.63. The monoisotopic (exact) mass is 268 g/mol. The van der Waals surface area contributed by atoms with E-state index in [9.17, 15) is 0 Å². The third-order valence-electron chi connectivity index (χ3n) is 4.79. The smallest absolute Gasteiger partial charge is 0.0469 e. The van der Waals surface area contributed by atoms with Gasteiger partial charge in [0, 0.05) is 25.8 Å². The van der Waals surface area contributed by atoms with Crippen molar-refractivity contribution in [1.82, 2.24) is 10.2 Å². The maximum Gasteiger partial charge on any atom is 0.0469 e. The molecule has 3 nitrogen and oxygen atoms in total. The topological polar surface area (TPSA) is 24.5 Å². The van der Waals surface area contributed by atoms with Gasteiger partial charge in [0.25, 0.3) is 0 Å². The van der Waals surface area contributed by atoms with Crippen LogP contribution in [0.25, 0.3) is 0 Å². The molecule has 2 rings (SSSR count). The standard InChI is InChI=1S/C16H32N2O/c1-13(2)10-17-11-15-4-5-16(15)18(3)12-14-6-8-19-9-7-14/h13-17H,4-12H2,1-3H3. The molecular weight excluding hydrogens is 236 g/mol. The molecule has 2 atom stereocenters. The first-order valence-corrected chi connectivity index (χ1v) is 8.15. The van der Waals surface area contributed by atoms with Crippen LogP contribution in [0.15, 0.2) is 0 Å². The molecule has 3 heteroatoms. The van der Waals surface area contributed by atoms with Gasteiger partial charge in [-0.3, -0.25) is 0 Å². The summed E-state index contributed by atoms with van der Waals surface area (Å²) in [6.07, 6.45) is 5.32. The van der Waals surface area contributed by atoms with Gasteiger partial charge < -0.3 is 15.0 Å². The van der Waals surface area contributed by atoms with Crippen molar-refractivity contribution in [1.29, 1.82) is 0 Å². The molecule has 0 spiro atoms. The highest BCUT2D eigenvalue weighted by molar-refractivity contribution is 4.89. The van der Waals surface area contributed by atoms with Crippen LogP contribution in [0.5, 0.6) is 0 Å². The van der Waals surface area contributed by atoms with Crippen molar-refractivity contribution in [2.24, 2.45) is 17.8 Å². The van der Waals surface area contributed by atoms with Gasteiger partial charge in [0.05, 0.1) is 0 Å². The van der Waals surface area contributed by atoms with Gasteiger partial charge in [-0.2, -0.15) is 0 Å². The van der Waals surface area contributed by atoms with Crippen LogP contribution in [0.2, 0.25) is 0 Å². The second-order valence-electron chi connectivity index (χ2n) is 6.95. The first kappa shape index (κ1) is 15.3. The molecule has 2 unspecified atom stereocenters. The summed E-state index contributed by atoms with van der Waals surface area (Å²) in [6.45, 7) is 10.2. The average Bonchev–Trinajstić information content (AvgIpc) is 2.34. The highest BCUT2D eigenvalue weighted by Crippen LogP contribution is 2.32. The molecule has 1 aliphatic heterocycles. The molecule has 2 fully saturated rings. The zero-order valence-corrected chi connectivity index (χ0v) is 13.0. The Bertz CT molecular complexity index is 251. The first-order chi connectivity index (χ1) is 9.16. The van der Waals surface area contributed by atoms with E-state index in [2.05, 4.69) is 31.1 Å². The lowest BCUT2D eigenvalue weighted by molar-refractivity contribution is 0.0266. The third-order valence-corrected chi connectivity index (χ3v) is 4.79. The molecule has 0 aromatic carbocycles. The van der Waals surface area contributed by atoms with Crippen LogP contribution < -0.4 is 5.32 Å². The van der Waals surface area contributed by atoms with Gasteiger partial charge in [0.15, 0.2) is 0 Å². The quantitative estimate of drug-likeness (QED) is 0.767. The van der Waals surface area contributed by atoms with Crippen LogP contribution in [-0.2, 0) is 4.74 Å². The van der Waals surface area contributed by atoms with Crippen molar-refractivity contribution in [3.8, 4) is 0 Å². The van der Waals surface area contributed by atoms with E-state index >= 15 is 0 Å². The minimum absolute atomic E-state index is 0.762. The molecule has 1 saturated heterocycles. The third kappa shape index (κ3) is 4.73. The number of rotatable bonds is 7. The van der Waals surface area contributed by atoms with E-state index in [1.165, 1.54) is 38.8 Å². The van der Waals surface area contributed by atoms with Gasteiger partial charge in [-0.25, -0.2) is 0 Å². The van der Waals surface area contributed by atoms with Gasteiger partial charge >= 0.3 is 0 Å². The molecule has 1 heterocycles. The number of nitrogens with zero attached hydrogens (tertiary/aromatic N) is 1. The molecule has 0 aromatic heterocycles. The lowest BCUT2D eigenvalue weighted by Gasteiger charge is -2.44. The van der Waals surface area contributed by atoms with E-state index in [1.807, 2.05) is 0 Å². The highest BCUT2D eigenvalue weighted by atomic mass is 16.5. The van der Waals surface area contributed by atoms with Crippen molar-refractivity contribution in [3.05, 3.63) is 0 Å². The second kappa shape index (κ2) is 7.61. The molecule has 0 radical (unpaired) electrons. The summed E-state index contributed by atoms with van der Waals surface area (Å²) in [4.78, 5) is 2.63. The van der Waals surface area contributed by atoms with Gasteiger partial charge in [0.2, 0.25) is 0 Å². The Balaban J connectivity index is 1.65. The summed E-state index contributed by atoms with van der Waals surface area (Å²) >= 11 is 0. The van der Waals surface area contributed by atoms with Crippen LogP contribution in [0.4, 0.5) is 0 Å². The predicted octanol–water partition coefficient (Wildman–Crippen LogP) is 2.37. The summed E-state index contributed by atoms with van der Waals surface area (Å²) in [6, 6.07) is 0.822. The Hall–Kier alpha value is -0.120. The molecule has 0 bridgehead atoms. The lowest BCUT2D eigenvalue weighted by atomic mass is 9.78. The molecule has 1 aliphatic carbocycles. The zero-order chi connectivity index (χ0) is 13.7. The Kier molecular flexibility index (Phi) is 6.11. The van der Waals surface area contributed by atoms with Crippen LogP contribution in [0, 0.1) is 17.8 Å². The maximum atomic E-state index is 5.45. The first-order valence-electron chi connectivity index (χ1n) is 8.15. The van der Waals surface area contributed by atoms with Crippen molar-refractivity contribution < 1.29 is 4.74 Å². The molecular formula is C16H32N2O. The van der Waals surface area contributed by atoms with E-state index in [1.54, 1.807) is 0 Å². The number of ether oxygens (including phenoxy) is 1. The summed E-state index contributed by atoms with van der Waals surface area (Å²) in [5.74, 6) is 2.51. The van der Waals surface area contributed by atoms with Crippen LogP contribution in [-0.4, -0.2) is 50.8 Å². The largest absolute Gasteiger partial charge is 0.381 e. The molecule has 0 aromatic rings. The minimum Gasteiger partial charge on any atom is -0.381 e. The van der Waals surface area contributed by atoms with Gasteiger partial charge in [-0.1, -0.05) is 13.8 Å². The lowest BCUT2D eigenvalue weighted by Crippen LogP contribution is -2.50. The normalized spacial score (nSPS) is 28.9. The van der Waals surface area contributed by atoms with E-state index in [4.69, 9.17) is 4.74 Å².